The summed E-state index contributed by atoms with van der Waals surface area (Å²) < 4.78 is 13.3. The number of amides is 1. The lowest BCUT2D eigenvalue weighted by Crippen LogP contribution is -2.26. The van der Waals surface area contributed by atoms with E-state index in [1.165, 1.54) is 12.1 Å². The monoisotopic (exact) mass is 261 g/mol. The Morgan fingerprint density at radius 3 is 2.95 bits per heavy atom. The van der Waals surface area contributed by atoms with Crippen LogP contribution in [0.1, 0.15) is 22.5 Å². The average Bonchev–Trinajstić information content (AvgIpc) is 2.38. The fourth-order valence-corrected chi connectivity index (χ4v) is 1.92. The first kappa shape index (κ1) is 13.4. The summed E-state index contributed by atoms with van der Waals surface area (Å²) in [6.07, 6.45) is 0.710. The van der Waals surface area contributed by atoms with Crippen LogP contribution >= 0.6 is 0 Å². The minimum absolute atomic E-state index is 0.227. The molecule has 1 aromatic heterocycles. The summed E-state index contributed by atoms with van der Waals surface area (Å²) in [6.45, 7) is 2.83. The Labute approximate surface area is 110 Å². The molecular formula is C14H16FN3O. The van der Waals surface area contributed by atoms with Gasteiger partial charge < -0.3 is 11.1 Å². The van der Waals surface area contributed by atoms with Gasteiger partial charge in [0.05, 0.1) is 11.1 Å². The van der Waals surface area contributed by atoms with Gasteiger partial charge in [0.15, 0.2) is 0 Å². The summed E-state index contributed by atoms with van der Waals surface area (Å²) in [7, 11) is 0. The third-order valence-corrected chi connectivity index (χ3v) is 2.81. The van der Waals surface area contributed by atoms with Gasteiger partial charge in [-0.1, -0.05) is 0 Å². The number of hydrogen-bond acceptors (Lipinski definition) is 3. The highest BCUT2D eigenvalue weighted by molar-refractivity contribution is 6.06. The molecule has 1 amide bonds. The molecule has 100 valence electrons. The second-order valence-corrected chi connectivity index (χ2v) is 4.37. The molecule has 19 heavy (non-hydrogen) atoms. The van der Waals surface area contributed by atoms with E-state index in [1.54, 1.807) is 19.1 Å². The molecule has 0 saturated heterocycles. The predicted molar refractivity (Wildman–Crippen MR) is 72.4 cm³/mol. The van der Waals surface area contributed by atoms with E-state index in [-0.39, 0.29) is 11.7 Å². The van der Waals surface area contributed by atoms with Crippen LogP contribution in [0.15, 0.2) is 24.3 Å². The molecule has 0 spiro atoms. The van der Waals surface area contributed by atoms with E-state index < -0.39 is 0 Å². The summed E-state index contributed by atoms with van der Waals surface area (Å²) in [4.78, 5) is 16.4. The van der Waals surface area contributed by atoms with Crippen LogP contribution in [0.2, 0.25) is 0 Å². The molecule has 3 N–H and O–H groups in total. The maximum absolute atomic E-state index is 13.3. The zero-order valence-electron chi connectivity index (χ0n) is 10.7. The minimum atomic E-state index is -0.380. The summed E-state index contributed by atoms with van der Waals surface area (Å²) in [6, 6.07) is 5.92. The average molecular weight is 261 g/mol. The number of aromatic nitrogens is 1. The molecule has 2 rings (SSSR count). The van der Waals surface area contributed by atoms with Crippen molar-refractivity contribution in [3.8, 4) is 0 Å². The topological polar surface area (TPSA) is 68.0 Å². The molecule has 1 aromatic carbocycles. The van der Waals surface area contributed by atoms with Crippen LogP contribution < -0.4 is 11.1 Å². The number of benzene rings is 1. The van der Waals surface area contributed by atoms with Crippen LogP contribution in [-0.2, 0) is 0 Å². The Kier molecular flexibility index (Phi) is 4.06. The first-order valence-electron chi connectivity index (χ1n) is 6.17. The van der Waals surface area contributed by atoms with Crippen molar-refractivity contribution in [3.63, 3.8) is 0 Å². The van der Waals surface area contributed by atoms with Crippen LogP contribution in [0, 0.1) is 12.7 Å². The fraction of sp³-hybridized carbons (Fsp3) is 0.286. The van der Waals surface area contributed by atoms with E-state index in [2.05, 4.69) is 10.3 Å². The molecule has 0 saturated carbocycles. The van der Waals surface area contributed by atoms with Crippen LogP contribution in [0.25, 0.3) is 10.9 Å². The van der Waals surface area contributed by atoms with Crippen LogP contribution in [0.5, 0.6) is 0 Å². The normalized spacial score (nSPS) is 10.7. The fourth-order valence-electron chi connectivity index (χ4n) is 1.92. The molecule has 0 unspecified atom stereocenters. The number of nitrogens with two attached hydrogens (primary N) is 1. The van der Waals surface area contributed by atoms with Crippen molar-refractivity contribution < 1.29 is 9.18 Å². The molecule has 0 fully saturated rings. The van der Waals surface area contributed by atoms with E-state index in [0.717, 1.165) is 5.69 Å². The Hall–Kier alpha value is -2.01. The molecule has 0 radical (unpaired) electrons. The Bertz CT molecular complexity index is 613. The lowest BCUT2D eigenvalue weighted by Gasteiger charge is -2.08. The lowest BCUT2D eigenvalue weighted by atomic mass is 10.1. The van der Waals surface area contributed by atoms with Gasteiger partial charge in [-0.25, -0.2) is 4.39 Å². The number of fused-ring (bicyclic) bond motifs is 1. The van der Waals surface area contributed by atoms with Gasteiger partial charge in [0.1, 0.15) is 5.82 Å². The second-order valence-electron chi connectivity index (χ2n) is 4.37. The molecule has 0 aliphatic heterocycles. The molecular weight excluding hydrogens is 245 g/mol. The predicted octanol–water partition coefficient (Wildman–Crippen LogP) is 1.76. The van der Waals surface area contributed by atoms with Crippen molar-refractivity contribution in [1.82, 2.24) is 10.3 Å². The van der Waals surface area contributed by atoms with Gasteiger partial charge in [-0.15, -0.1) is 0 Å². The largest absolute Gasteiger partial charge is 0.352 e. The minimum Gasteiger partial charge on any atom is -0.352 e. The van der Waals surface area contributed by atoms with Crippen LogP contribution in [0.4, 0.5) is 4.39 Å². The first-order valence-corrected chi connectivity index (χ1v) is 6.17. The number of rotatable bonds is 4. The summed E-state index contributed by atoms with van der Waals surface area (Å²) in [5.74, 6) is -0.608. The Balaban J connectivity index is 2.40. The Morgan fingerprint density at radius 2 is 2.21 bits per heavy atom. The molecule has 0 aliphatic rings. The molecule has 1 heterocycles. The quantitative estimate of drug-likeness (QED) is 0.824. The highest BCUT2D eigenvalue weighted by atomic mass is 19.1. The van der Waals surface area contributed by atoms with Crippen molar-refractivity contribution in [2.75, 3.05) is 13.1 Å². The molecule has 4 nitrogen and oxygen atoms in total. The second kappa shape index (κ2) is 5.75. The number of nitrogens with one attached hydrogen (secondary N) is 1. The number of pyridine rings is 1. The number of aryl methyl sites for hydroxylation is 1. The Morgan fingerprint density at radius 1 is 1.42 bits per heavy atom. The number of hydrogen-bond donors (Lipinski definition) is 2. The lowest BCUT2D eigenvalue weighted by molar-refractivity contribution is 0.0955. The third-order valence-electron chi connectivity index (χ3n) is 2.81. The molecule has 0 atom stereocenters. The van der Waals surface area contributed by atoms with Gasteiger partial charge in [-0.05, 0) is 44.2 Å². The van der Waals surface area contributed by atoms with E-state index in [1.807, 2.05) is 0 Å². The standard InChI is InChI=1S/C14H16FN3O/c1-9-7-12(14(19)17-6-2-5-16)11-8-10(15)3-4-13(11)18-9/h3-4,7-8H,2,5-6,16H2,1H3,(H,17,19). The molecule has 0 aliphatic carbocycles. The van der Waals surface area contributed by atoms with Crippen molar-refractivity contribution >= 4 is 16.8 Å². The number of carbonyl (C=O) groups is 1. The zero-order chi connectivity index (χ0) is 13.8. The highest BCUT2D eigenvalue weighted by Crippen LogP contribution is 2.19. The van der Waals surface area contributed by atoms with E-state index >= 15 is 0 Å². The number of halogens is 1. The maximum atomic E-state index is 13.3. The van der Waals surface area contributed by atoms with E-state index in [4.69, 9.17) is 5.73 Å². The smallest absolute Gasteiger partial charge is 0.252 e. The maximum Gasteiger partial charge on any atom is 0.252 e. The number of carbonyl (C=O) groups excluding carboxylic acids is 1. The van der Waals surface area contributed by atoms with E-state index in [9.17, 15) is 9.18 Å². The van der Waals surface area contributed by atoms with Crippen LogP contribution in [0.3, 0.4) is 0 Å². The van der Waals surface area contributed by atoms with Crippen molar-refractivity contribution in [2.45, 2.75) is 13.3 Å². The molecule has 0 bridgehead atoms. The van der Waals surface area contributed by atoms with E-state index in [0.29, 0.717) is 36.0 Å². The van der Waals surface area contributed by atoms with Gasteiger partial charge in [0.25, 0.3) is 5.91 Å². The van der Waals surface area contributed by atoms with Crippen molar-refractivity contribution in [1.29, 1.82) is 0 Å². The van der Waals surface area contributed by atoms with Gasteiger partial charge in [0, 0.05) is 17.6 Å². The molecule has 5 heteroatoms. The SMILES string of the molecule is Cc1cc(C(=O)NCCCN)c2cc(F)ccc2n1. The summed E-state index contributed by atoms with van der Waals surface area (Å²) in [5.41, 5.74) is 7.16. The highest BCUT2D eigenvalue weighted by Gasteiger charge is 2.12. The van der Waals surface area contributed by atoms with Gasteiger partial charge >= 0.3 is 0 Å². The first-order chi connectivity index (χ1) is 9.11. The van der Waals surface area contributed by atoms with Crippen molar-refractivity contribution in [3.05, 3.63) is 41.3 Å². The van der Waals surface area contributed by atoms with Crippen molar-refractivity contribution in [2.24, 2.45) is 5.73 Å². The van der Waals surface area contributed by atoms with Crippen LogP contribution in [-0.4, -0.2) is 24.0 Å². The zero-order valence-corrected chi connectivity index (χ0v) is 10.7. The van der Waals surface area contributed by atoms with Gasteiger partial charge in [0.2, 0.25) is 0 Å². The summed E-state index contributed by atoms with van der Waals surface area (Å²) >= 11 is 0. The molecule has 2 aromatic rings. The van der Waals surface area contributed by atoms with Gasteiger partial charge in [-0.2, -0.15) is 0 Å². The third kappa shape index (κ3) is 3.06. The summed E-state index contributed by atoms with van der Waals surface area (Å²) in [5, 5.41) is 3.29. The van der Waals surface area contributed by atoms with Gasteiger partial charge in [-0.3, -0.25) is 9.78 Å². The number of nitrogens with zero attached hydrogens (tertiary/aromatic N) is 1.